The molecule has 1 saturated carbocycles. The minimum absolute atomic E-state index is 0.164. The van der Waals surface area contributed by atoms with Gasteiger partial charge in [0.25, 0.3) is 5.91 Å². The summed E-state index contributed by atoms with van der Waals surface area (Å²) in [7, 11) is 3.07. The third-order valence-corrected chi connectivity index (χ3v) is 4.02. The highest BCUT2D eigenvalue weighted by Gasteiger charge is 2.26. The van der Waals surface area contributed by atoms with E-state index in [9.17, 15) is 4.79 Å². The number of carbonyl (C=O) groups excluding carboxylic acids is 1. The molecule has 0 spiro atoms. The monoisotopic (exact) mass is 278 g/mol. The second kappa shape index (κ2) is 6.03. The minimum atomic E-state index is -0.164. The fourth-order valence-electron chi connectivity index (χ4n) is 2.43. The molecule has 0 aromatic heterocycles. The lowest BCUT2D eigenvalue weighted by atomic mass is 9.80. The number of rotatable bonds is 5. The van der Waals surface area contributed by atoms with Gasteiger partial charge >= 0.3 is 0 Å². The zero-order valence-corrected chi connectivity index (χ0v) is 12.2. The molecule has 1 amide bonds. The van der Waals surface area contributed by atoms with Crippen molar-refractivity contribution >= 4 is 11.6 Å². The van der Waals surface area contributed by atoms with Gasteiger partial charge in [-0.15, -0.1) is 0 Å². The Morgan fingerprint density at radius 3 is 2.40 bits per heavy atom. The molecule has 0 heterocycles. The van der Waals surface area contributed by atoms with Crippen LogP contribution in [0.1, 0.15) is 36.5 Å². The maximum atomic E-state index is 12.3. The molecule has 1 aliphatic rings. The Kier molecular flexibility index (Phi) is 4.37. The molecule has 0 bridgehead atoms. The molecule has 0 aliphatic heterocycles. The highest BCUT2D eigenvalue weighted by Crippen LogP contribution is 2.33. The molecule has 2 rings (SSSR count). The van der Waals surface area contributed by atoms with E-state index in [1.165, 1.54) is 33.5 Å². The first kappa shape index (κ1) is 14.5. The van der Waals surface area contributed by atoms with Gasteiger partial charge in [-0.05, 0) is 31.7 Å². The molecular weight excluding hydrogens is 256 g/mol. The Bertz CT molecular complexity index is 498. The van der Waals surface area contributed by atoms with Gasteiger partial charge in [0.2, 0.25) is 0 Å². The number of methoxy groups -OCH3 is 2. The van der Waals surface area contributed by atoms with Gasteiger partial charge in [-0.3, -0.25) is 4.79 Å². The van der Waals surface area contributed by atoms with Gasteiger partial charge in [0, 0.05) is 17.8 Å². The summed E-state index contributed by atoms with van der Waals surface area (Å²) in [5, 5.41) is 3.01. The fraction of sp³-hybridized carbons (Fsp3) is 0.533. The van der Waals surface area contributed by atoms with E-state index in [2.05, 4.69) is 5.32 Å². The van der Waals surface area contributed by atoms with E-state index in [1.54, 1.807) is 12.1 Å². The Morgan fingerprint density at radius 2 is 1.90 bits per heavy atom. The fourth-order valence-corrected chi connectivity index (χ4v) is 2.43. The molecule has 1 unspecified atom stereocenters. The third-order valence-electron chi connectivity index (χ3n) is 4.02. The average molecular weight is 278 g/mol. The highest BCUT2D eigenvalue weighted by atomic mass is 16.5. The van der Waals surface area contributed by atoms with Gasteiger partial charge in [-0.25, -0.2) is 0 Å². The zero-order chi connectivity index (χ0) is 14.7. The van der Waals surface area contributed by atoms with Crippen LogP contribution < -0.4 is 20.5 Å². The number of nitrogens with one attached hydrogen (secondary N) is 1. The second-order valence-corrected chi connectivity index (χ2v) is 5.25. The van der Waals surface area contributed by atoms with Crippen molar-refractivity contribution in [3.05, 3.63) is 17.7 Å². The van der Waals surface area contributed by atoms with E-state index in [0.717, 1.165) is 0 Å². The van der Waals surface area contributed by atoms with Crippen LogP contribution in [0.25, 0.3) is 0 Å². The minimum Gasteiger partial charge on any atom is -0.493 e. The summed E-state index contributed by atoms with van der Waals surface area (Å²) in [6.45, 7) is 2.04. The molecule has 110 valence electrons. The normalized spacial score (nSPS) is 16.1. The van der Waals surface area contributed by atoms with Gasteiger partial charge in [-0.2, -0.15) is 0 Å². The number of nitrogens with two attached hydrogens (primary N) is 1. The van der Waals surface area contributed by atoms with Gasteiger partial charge in [-0.1, -0.05) is 6.42 Å². The smallest absolute Gasteiger partial charge is 0.253 e. The number of benzene rings is 1. The molecule has 1 aromatic carbocycles. The number of carbonyl (C=O) groups is 1. The van der Waals surface area contributed by atoms with Crippen LogP contribution in [0.2, 0.25) is 0 Å². The molecule has 1 aromatic rings. The summed E-state index contributed by atoms with van der Waals surface area (Å²) < 4.78 is 10.4. The molecule has 20 heavy (non-hydrogen) atoms. The summed E-state index contributed by atoms with van der Waals surface area (Å²) in [4.78, 5) is 12.3. The molecular formula is C15H22N2O3. The molecule has 3 N–H and O–H groups in total. The maximum absolute atomic E-state index is 12.3. The molecule has 1 aliphatic carbocycles. The summed E-state index contributed by atoms with van der Waals surface area (Å²) >= 11 is 0. The number of anilines is 1. The zero-order valence-electron chi connectivity index (χ0n) is 12.2. The van der Waals surface area contributed by atoms with E-state index in [4.69, 9.17) is 15.2 Å². The van der Waals surface area contributed by atoms with Crippen LogP contribution >= 0.6 is 0 Å². The van der Waals surface area contributed by atoms with Crippen LogP contribution in [0.15, 0.2) is 12.1 Å². The Morgan fingerprint density at radius 1 is 1.30 bits per heavy atom. The molecule has 5 nitrogen and oxygen atoms in total. The first-order valence-corrected chi connectivity index (χ1v) is 6.89. The number of nitrogen functional groups attached to an aromatic ring is 1. The van der Waals surface area contributed by atoms with E-state index < -0.39 is 0 Å². The van der Waals surface area contributed by atoms with Gasteiger partial charge < -0.3 is 20.5 Å². The number of hydrogen-bond acceptors (Lipinski definition) is 4. The largest absolute Gasteiger partial charge is 0.493 e. The SMILES string of the molecule is COc1cc(N)c(C(=O)NC(C)C2CCC2)cc1OC. The van der Waals surface area contributed by atoms with E-state index >= 15 is 0 Å². The van der Waals surface area contributed by atoms with Crippen LogP contribution in [0, 0.1) is 5.92 Å². The summed E-state index contributed by atoms with van der Waals surface area (Å²) in [5.41, 5.74) is 6.74. The molecule has 5 heteroatoms. The van der Waals surface area contributed by atoms with Crippen molar-refractivity contribution in [2.75, 3.05) is 20.0 Å². The summed E-state index contributed by atoms with van der Waals surface area (Å²) in [5.74, 6) is 1.44. The van der Waals surface area contributed by atoms with E-state index in [-0.39, 0.29) is 11.9 Å². The average Bonchev–Trinajstić information content (AvgIpc) is 2.35. The highest BCUT2D eigenvalue weighted by molar-refractivity contribution is 6.00. The van der Waals surface area contributed by atoms with Crippen molar-refractivity contribution in [2.45, 2.75) is 32.2 Å². The predicted molar refractivity (Wildman–Crippen MR) is 78.2 cm³/mol. The Labute approximate surface area is 119 Å². The van der Waals surface area contributed by atoms with E-state index in [1.807, 2.05) is 6.92 Å². The topological polar surface area (TPSA) is 73.6 Å². The van der Waals surface area contributed by atoms with Crippen molar-refractivity contribution < 1.29 is 14.3 Å². The first-order valence-electron chi connectivity index (χ1n) is 6.89. The number of amides is 1. The van der Waals surface area contributed by atoms with Gasteiger partial charge in [0.15, 0.2) is 11.5 Å². The quantitative estimate of drug-likeness (QED) is 0.810. The van der Waals surface area contributed by atoms with Gasteiger partial charge in [0.05, 0.1) is 19.8 Å². The van der Waals surface area contributed by atoms with E-state index in [0.29, 0.717) is 28.7 Å². The van der Waals surface area contributed by atoms with Crippen molar-refractivity contribution in [3.8, 4) is 11.5 Å². The summed E-state index contributed by atoms with van der Waals surface area (Å²) in [6.07, 6.45) is 3.62. The molecule has 1 atom stereocenters. The van der Waals surface area contributed by atoms with Crippen LogP contribution in [-0.4, -0.2) is 26.2 Å². The predicted octanol–water partition coefficient (Wildman–Crippen LogP) is 2.20. The summed E-state index contributed by atoms with van der Waals surface area (Å²) in [6, 6.07) is 3.41. The van der Waals surface area contributed by atoms with Crippen molar-refractivity contribution in [2.24, 2.45) is 5.92 Å². The van der Waals surface area contributed by atoms with Gasteiger partial charge in [0.1, 0.15) is 0 Å². The lowest BCUT2D eigenvalue weighted by Crippen LogP contribution is -2.40. The molecule has 1 fully saturated rings. The van der Waals surface area contributed by atoms with Crippen molar-refractivity contribution in [3.63, 3.8) is 0 Å². The standard InChI is InChI=1S/C15H22N2O3/c1-9(10-5-4-6-10)17-15(18)11-7-13(19-2)14(20-3)8-12(11)16/h7-10H,4-6,16H2,1-3H3,(H,17,18). The van der Waals surface area contributed by atoms with Crippen LogP contribution in [-0.2, 0) is 0 Å². The Hall–Kier alpha value is -1.91. The number of hydrogen-bond donors (Lipinski definition) is 2. The van der Waals surface area contributed by atoms with Crippen molar-refractivity contribution in [1.82, 2.24) is 5.32 Å². The maximum Gasteiger partial charge on any atom is 0.253 e. The van der Waals surface area contributed by atoms with Crippen molar-refractivity contribution in [1.29, 1.82) is 0 Å². The van der Waals surface area contributed by atoms with Crippen LogP contribution in [0.5, 0.6) is 11.5 Å². The second-order valence-electron chi connectivity index (χ2n) is 5.25. The lowest BCUT2D eigenvalue weighted by Gasteiger charge is -2.32. The Balaban J connectivity index is 2.16. The molecule has 0 saturated heterocycles. The lowest BCUT2D eigenvalue weighted by molar-refractivity contribution is 0.0910. The number of ether oxygens (including phenoxy) is 2. The first-order chi connectivity index (χ1) is 9.56. The van der Waals surface area contributed by atoms with Crippen LogP contribution in [0.3, 0.4) is 0 Å². The molecule has 0 radical (unpaired) electrons. The van der Waals surface area contributed by atoms with Crippen LogP contribution in [0.4, 0.5) is 5.69 Å². The third kappa shape index (κ3) is 2.81.